The molecule has 6 nitrogen and oxygen atoms in total. The van der Waals surface area contributed by atoms with Gasteiger partial charge in [-0.05, 0) is 50.4 Å². The Kier molecular flexibility index (Phi) is 8.57. The summed E-state index contributed by atoms with van der Waals surface area (Å²) >= 11 is 0. The first-order valence-electron chi connectivity index (χ1n) is 8.20. The monoisotopic (exact) mass is 354 g/mol. The van der Waals surface area contributed by atoms with E-state index >= 15 is 0 Å². The number of nitrogens with two attached hydrogens (primary N) is 1. The van der Waals surface area contributed by atoms with Crippen LogP contribution < -0.4 is 16.4 Å². The zero-order valence-corrected chi connectivity index (χ0v) is 14.9. The van der Waals surface area contributed by atoms with E-state index in [1.807, 2.05) is 31.2 Å². The molecule has 1 aromatic carbocycles. The van der Waals surface area contributed by atoms with Gasteiger partial charge in [0.25, 0.3) is 0 Å². The lowest BCUT2D eigenvalue weighted by Crippen LogP contribution is -2.47. The van der Waals surface area contributed by atoms with Gasteiger partial charge in [0.15, 0.2) is 0 Å². The fourth-order valence-corrected chi connectivity index (χ4v) is 2.76. The van der Waals surface area contributed by atoms with Crippen molar-refractivity contribution in [3.8, 4) is 0 Å². The number of hydrogen-bond donors (Lipinski definition) is 3. The van der Waals surface area contributed by atoms with Crippen LogP contribution in [0.15, 0.2) is 24.3 Å². The summed E-state index contributed by atoms with van der Waals surface area (Å²) in [5.74, 6) is -0.115. The second-order valence-corrected chi connectivity index (χ2v) is 6.02. The smallest absolute Gasteiger partial charge is 0.321 e. The molecule has 2 rings (SSSR count). The number of aryl methyl sites for hydroxylation is 1. The molecule has 1 atom stereocenters. The SMILES string of the molecule is Cc1cccc(NC(=O)N2CCCC(C(=O)NCCCN)C2)c1.Cl. The maximum absolute atomic E-state index is 12.4. The van der Waals surface area contributed by atoms with Crippen LogP contribution in [0.25, 0.3) is 0 Å². The highest BCUT2D eigenvalue weighted by Gasteiger charge is 2.28. The molecule has 1 heterocycles. The number of benzene rings is 1. The van der Waals surface area contributed by atoms with Gasteiger partial charge in [-0.3, -0.25) is 4.79 Å². The normalized spacial score (nSPS) is 16.9. The van der Waals surface area contributed by atoms with Gasteiger partial charge in [-0.15, -0.1) is 12.4 Å². The molecule has 0 bridgehead atoms. The van der Waals surface area contributed by atoms with E-state index in [1.54, 1.807) is 4.90 Å². The molecule has 0 spiro atoms. The molecular formula is C17H27ClN4O2. The van der Waals surface area contributed by atoms with Crippen molar-refractivity contribution in [1.82, 2.24) is 10.2 Å². The van der Waals surface area contributed by atoms with Crippen LogP contribution in [-0.2, 0) is 4.79 Å². The van der Waals surface area contributed by atoms with Crippen molar-refractivity contribution in [3.63, 3.8) is 0 Å². The topological polar surface area (TPSA) is 87.5 Å². The van der Waals surface area contributed by atoms with E-state index in [9.17, 15) is 9.59 Å². The molecule has 1 unspecified atom stereocenters. The number of carbonyl (C=O) groups is 2. The van der Waals surface area contributed by atoms with E-state index in [2.05, 4.69) is 10.6 Å². The second kappa shape index (κ2) is 10.2. The summed E-state index contributed by atoms with van der Waals surface area (Å²) < 4.78 is 0. The molecule has 24 heavy (non-hydrogen) atoms. The van der Waals surface area contributed by atoms with E-state index in [0.29, 0.717) is 26.2 Å². The lowest BCUT2D eigenvalue weighted by Gasteiger charge is -2.32. The Morgan fingerprint density at radius 3 is 2.88 bits per heavy atom. The molecule has 0 saturated carbocycles. The zero-order chi connectivity index (χ0) is 16.7. The highest BCUT2D eigenvalue weighted by molar-refractivity contribution is 5.90. The Bertz CT molecular complexity index is 553. The summed E-state index contributed by atoms with van der Waals surface area (Å²) in [7, 11) is 0. The van der Waals surface area contributed by atoms with Gasteiger partial charge in [0.1, 0.15) is 0 Å². The van der Waals surface area contributed by atoms with Crippen molar-refractivity contribution in [2.24, 2.45) is 11.7 Å². The van der Waals surface area contributed by atoms with E-state index in [1.165, 1.54) is 0 Å². The largest absolute Gasteiger partial charge is 0.356 e. The fourth-order valence-electron chi connectivity index (χ4n) is 2.76. The molecular weight excluding hydrogens is 328 g/mol. The molecule has 1 aliphatic rings. The van der Waals surface area contributed by atoms with E-state index < -0.39 is 0 Å². The molecule has 1 saturated heterocycles. The first-order valence-corrected chi connectivity index (χ1v) is 8.20. The minimum atomic E-state index is -0.143. The minimum absolute atomic E-state index is 0. The lowest BCUT2D eigenvalue weighted by atomic mass is 9.97. The minimum Gasteiger partial charge on any atom is -0.356 e. The molecule has 1 fully saturated rings. The van der Waals surface area contributed by atoms with Crippen molar-refractivity contribution >= 4 is 30.0 Å². The molecule has 7 heteroatoms. The number of rotatable bonds is 5. The standard InChI is InChI=1S/C17H26N4O2.ClH/c1-13-5-2-7-15(11-13)20-17(23)21-10-3-6-14(12-21)16(22)19-9-4-8-18;/h2,5,7,11,14H,3-4,6,8-10,12,18H2,1H3,(H,19,22)(H,20,23);1H. The first kappa shape index (κ1) is 20.3. The number of nitrogens with zero attached hydrogens (tertiary/aromatic N) is 1. The predicted octanol–water partition coefficient (Wildman–Crippen LogP) is 2.13. The van der Waals surface area contributed by atoms with Crippen LogP contribution in [0.3, 0.4) is 0 Å². The summed E-state index contributed by atoms with van der Waals surface area (Å²) in [6.45, 7) is 4.30. The third-order valence-electron chi connectivity index (χ3n) is 4.03. The highest BCUT2D eigenvalue weighted by Crippen LogP contribution is 2.18. The van der Waals surface area contributed by atoms with Crippen LogP contribution in [-0.4, -0.2) is 43.0 Å². The molecule has 0 aromatic heterocycles. The number of carbonyl (C=O) groups excluding carboxylic acids is 2. The predicted molar refractivity (Wildman–Crippen MR) is 98.4 cm³/mol. The summed E-state index contributed by atoms with van der Waals surface area (Å²) in [5.41, 5.74) is 7.30. The molecule has 0 aliphatic carbocycles. The number of amides is 3. The number of piperidine rings is 1. The van der Waals surface area contributed by atoms with Crippen molar-refractivity contribution in [2.75, 3.05) is 31.5 Å². The number of hydrogen-bond acceptors (Lipinski definition) is 3. The summed E-state index contributed by atoms with van der Waals surface area (Å²) in [5, 5.41) is 5.80. The number of urea groups is 1. The zero-order valence-electron chi connectivity index (χ0n) is 14.1. The van der Waals surface area contributed by atoms with Gasteiger partial charge in [0.2, 0.25) is 5.91 Å². The average molecular weight is 355 g/mol. The number of halogens is 1. The van der Waals surface area contributed by atoms with Gasteiger partial charge in [-0.25, -0.2) is 4.79 Å². The van der Waals surface area contributed by atoms with Gasteiger partial charge in [0, 0.05) is 25.3 Å². The fraction of sp³-hybridized carbons (Fsp3) is 0.529. The van der Waals surface area contributed by atoms with Gasteiger partial charge in [-0.1, -0.05) is 12.1 Å². The molecule has 134 valence electrons. The Morgan fingerprint density at radius 2 is 2.17 bits per heavy atom. The van der Waals surface area contributed by atoms with Crippen LogP contribution in [0.4, 0.5) is 10.5 Å². The number of nitrogens with one attached hydrogen (secondary N) is 2. The van der Waals surface area contributed by atoms with Gasteiger partial charge < -0.3 is 21.3 Å². The molecule has 1 aromatic rings. The van der Waals surface area contributed by atoms with Gasteiger partial charge in [0.05, 0.1) is 5.92 Å². The Balaban J connectivity index is 0.00000288. The van der Waals surface area contributed by atoms with E-state index in [4.69, 9.17) is 5.73 Å². The van der Waals surface area contributed by atoms with Crippen molar-refractivity contribution in [1.29, 1.82) is 0 Å². The summed E-state index contributed by atoms with van der Waals surface area (Å²) in [6, 6.07) is 7.55. The van der Waals surface area contributed by atoms with Gasteiger partial charge >= 0.3 is 6.03 Å². The number of likely N-dealkylation sites (tertiary alicyclic amines) is 1. The quantitative estimate of drug-likeness (QED) is 0.708. The highest BCUT2D eigenvalue weighted by atomic mass is 35.5. The Labute approximate surface area is 149 Å². The van der Waals surface area contributed by atoms with Crippen molar-refractivity contribution in [2.45, 2.75) is 26.2 Å². The first-order chi connectivity index (χ1) is 11.1. The Hall–Kier alpha value is -1.79. The van der Waals surface area contributed by atoms with Crippen LogP contribution in [0.1, 0.15) is 24.8 Å². The third-order valence-corrected chi connectivity index (χ3v) is 4.03. The lowest BCUT2D eigenvalue weighted by molar-refractivity contribution is -0.126. The summed E-state index contributed by atoms with van der Waals surface area (Å²) in [6.07, 6.45) is 2.44. The average Bonchev–Trinajstić information content (AvgIpc) is 2.55. The second-order valence-electron chi connectivity index (χ2n) is 6.02. The van der Waals surface area contributed by atoms with E-state index in [-0.39, 0.29) is 30.3 Å². The summed E-state index contributed by atoms with van der Waals surface area (Å²) in [4.78, 5) is 26.2. The molecule has 1 aliphatic heterocycles. The maximum Gasteiger partial charge on any atom is 0.321 e. The maximum atomic E-state index is 12.4. The van der Waals surface area contributed by atoms with Crippen LogP contribution in [0.5, 0.6) is 0 Å². The van der Waals surface area contributed by atoms with Crippen LogP contribution in [0.2, 0.25) is 0 Å². The molecule has 4 N–H and O–H groups in total. The molecule has 3 amide bonds. The van der Waals surface area contributed by atoms with Crippen LogP contribution in [0, 0.1) is 12.8 Å². The van der Waals surface area contributed by atoms with Crippen LogP contribution >= 0.6 is 12.4 Å². The van der Waals surface area contributed by atoms with Crippen molar-refractivity contribution in [3.05, 3.63) is 29.8 Å². The van der Waals surface area contributed by atoms with Crippen molar-refractivity contribution < 1.29 is 9.59 Å². The number of anilines is 1. The molecule has 0 radical (unpaired) electrons. The van der Waals surface area contributed by atoms with E-state index in [0.717, 1.165) is 30.5 Å². The Morgan fingerprint density at radius 1 is 1.38 bits per heavy atom. The third kappa shape index (κ3) is 6.02. The van der Waals surface area contributed by atoms with Gasteiger partial charge in [-0.2, -0.15) is 0 Å².